The lowest BCUT2D eigenvalue weighted by Crippen LogP contribution is -2.18. The molecule has 1 saturated heterocycles. The van der Waals surface area contributed by atoms with Crippen molar-refractivity contribution in [2.24, 2.45) is 0 Å². The number of halogens is 1. The summed E-state index contributed by atoms with van der Waals surface area (Å²) in [5.41, 5.74) is 5.49. The third-order valence-electron chi connectivity index (χ3n) is 5.91. The SMILES string of the molecule is O=C(Nc1ccc2cc(CN3CCCC3)cnc2c1)c1ccc(-c2cccc(Cl)c2)cc1. The van der Waals surface area contributed by atoms with Crippen LogP contribution in [0.1, 0.15) is 28.8 Å². The minimum absolute atomic E-state index is 0.146. The third-order valence-corrected chi connectivity index (χ3v) is 6.14. The first kappa shape index (κ1) is 20.7. The van der Waals surface area contributed by atoms with Crippen LogP contribution >= 0.6 is 11.6 Å². The molecule has 0 radical (unpaired) electrons. The quantitative estimate of drug-likeness (QED) is 0.389. The Morgan fingerprint density at radius 2 is 1.75 bits per heavy atom. The van der Waals surface area contributed by atoms with Gasteiger partial charge in [-0.15, -0.1) is 0 Å². The van der Waals surface area contributed by atoms with Gasteiger partial charge in [0, 0.05) is 34.4 Å². The number of hydrogen-bond acceptors (Lipinski definition) is 3. The van der Waals surface area contributed by atoms with Crippen LogP contribution in [0.5, 0.6) is 0 Å². The molecule has 5 rings (SSSR count). The minimum Gasteiger partial charge on any atom is -0.322 e. The molecule has 1 amide bonds. The van der Waals surface area contributed by atoms with E-state index in [1.54, 1.807) is 0 Å². The number of nitrogens with zero attached hydrogens (tertiary/aromatic N) is 2. The molecule has 1 aromatic heterocycles. The van der Waals surface area contributed by atoms with Gasteiger partial charge in [0.1, 0.15) is 0 Å². The number of anilines is 1. The lowest BCUT2D eigenvalue weighted by molar-refractivity contribution is 0.102. The van der Waals surface area contributed by atoms with Crippen LogP contribution in [0.15, 0.2) is 79.0 Å². The van der Waals surface area contributed by atoms with Gasteiger partial charge in [-0.2, -0.15) is 0 Å². The number of fused-ring (bicyclic) bond motifs is 1. The molecule has 0 unspecified atom stereocenters. The highest BCUT2D eigenvalue weighted by Gasteiger charge is 2.12. The van der Waals surface area contributed by atoms with Crippen molar-refractivity contribution in [3.8, 4) is 11.1 Å². The summed E-state index contributed by atoms with van der Waals surface area (Å²) in [5.74, 6) is -0.146. The Kier molecular flexibility index (Phi) is 5.89. The highest BCUT2D eigenvalue weighted by atomic mass is 35.5. The summed E-state index contributed by atoms with van der Waals surface area (Å²) in [5, 5.41) is 4.76. The second-order valence-electron chi connectivity index (χ2n) is 8.28. The Morgan fingerprint density at radius 1 is 0.938 bits per heavy atom. The van der Waals surface area contributed by atoms with Crippen LogP contribution in [0.3, 0.4) is 0 Å². The first-order valence-corrected chi connectivity index (χ1v) is 11.3. The fourth-order valence-corrected chi connectivity index (χ4v) is 4.41. The molecule has 0 atom stereocenters. The van der Waals surface area contributed by atoms with Crippen molar-refractivity contribution in [1.29, 1.82) is 0 Å². The van der Waals surface area contributed by atoms with Gasteiger partial charge in [-0.25, -0.2) is 0 Å². The number of pyridine rings is 1. The lowest BCUT2D eigenvalue weighted by atomic mass is 10.0. The topological polar surface area (TPSA) is 45.2 Å². The van der Waals surface area contributed by atoms with Gasteiger partial charge in [0.2, 0.25) is 0 Å². The fraction of sp³-hybridized carbons (Fsp3) is 0.185. The number of carbonyl (C=O) groups excluding carboxylic acids is 1. The van der Waals surface area contributed by atoms with Crippen LogP contribution in [0.25, 0.3) is 22.0 Å². The van der Waals surface area contributed by atoms with Crippen molar-refractivity contribution in [3.63, 3.8) is 0 Å². The van der Waals surface area contributed by atoms with Gasteiger partial charge in [-0.3, -0.25) is 14.7 Å². The van der Waals surface area contributed by atoms with E-state index in [9.17, 15) is 4.79 Å². The highest BCUT2D eigenvalue weighted by molar-refractivity contribution is 6.30. The van der Waals surface area contributed by atoms with Crippen LogP contribution in [-0.2, 0) is 6.54 Å². The number of carbonyl (C=O) groups is 1. The number of amides is 1. The fourth-order valence-electron chi connectivity index (χ4n) is 4.22. The van der Waals surface area contributed by atoms with E-state index >= 15 is 0 Å². The molecule has 5 heteroatoms. The van der Waals surface area contributed by atoms with Crippen molar-refractivity contribution in [2.45, 2.75) is 19.4 Å². The largest absolute Gasteiger partial charge is 0.322 e. The number of benzene rings is 3. The summed E-state index contributed by atoms with van der Waals surface area (Å²) in [7, 11) is 0. The van der Waals surface area contributed by atoms with Gasteiger partial charge in [0.05, 0.1) is 5.52 Å². The zero-order chi connectivity index (χ0) is 21.9. The summed E-state index contributed by atoms with van der Waals surface area (Å²) < 4.78 is 0. The summed E-state index contributed by atoms with van der Waals surface area (Å²) in [6.45, 7) is 3.29. The summed E-state index contributed by atoms with van der Waals surface area (Å²) in [4.78, 5) is 19.8. The van der Waals surface area contributed by atoms with Gasteiger partial charge in [-0.05, 0) is 85.1 Å². The van der Waals surface area contributed by atoms with Crippen molar-refractivity contribution in [2.75, 3.05) is 18.4 Å². The molecule has 1 aliphatic heterocycles. The molecule has 2 heterocycles. The van der Waals surface area contributed by atoms with Gasteiger partial charge in [0.25, 0.3) is 5.91 Å². The van der Waals surface area contributed by atoms with E-state index in [4.69, 9.17) is 11.6 Å². The molecular weight excluding hydrogens is 418 g/mol. The molecule has 3 aromatic carbocycles. The second kappa shape index (κ2) is 9.11. The summed E-state index contributed by atoms with van der Waals surface area (Å²) in [6, 6.07) is 23.3. The highest BCUT2D eigenvalue weighted by Crippen LogP contribution is 2.24. The first-order chi connectivity index (χ1) is 15.6. The molecule has 4 nitrogen and oxygen atoms in total. The molecule has 0 saturated carbocycles. The molecule has 0 aliphatic carbocycles. The standard InChI is InChI=1S/C27H24ClN3O/c28-24-5-3-4-22(15-24)20-6-8-21(9-7-20)27(32)30-25-11-10-23-14-19(17-29-26(23)16-25)18-31-12-1-2-13-31/h3-11,14-17H,1-2,12-13,18H2,(H,30,32). The molecule has 160 valence electrons. The number of nitrogens with one attached hydrogen (secondary N) is 1. The van der Waals surface area contributed by atoms with Crippen molar-refractivity contribution in [1.82, 2.24) is 9.88 Å². The molecule has 32 heavy (non-hydrogen) atoms. The predicted molar refractivity (Wildman–Crippen MR) is 131 cm³/mol. The van der Waals surface area contributed by atoms with Crippen molar-refractivity contribution >= 4 is 34.1 Å². The van der Waals surface area contributed by atoms with E-state index < -0.39 is 0 Å². The Morgan fingerprint density at radius 3 is 2.53 bits per heavy atom. The van der Waals surface area contributed by atoms with E-state index in [1.807, 2.05) is 72.9 Å². The van der Waals surface area contributed by atoms with Crippen molar-refractivity contribution in [3.05, 3.63) is 95.1 Å². The molecular formula is C27H24ClN3O. The zero-order valence-electron chi connectivity index (χ0n) is 17.7. The van der Waals surface area contributed by atoms with Gasteiger partial charge in [-0.1, -0.05) is 41.9 Å². The minimum atomic E-state index is -0.146. The molecule has 4 aromatic rings. The average Bonchev–Trinajstić information content (AvgIpc) is 3.32. The van der Waals surface area contributed by atoms with Gasteiger partial charge >= 0.3 is 0 Å². The van der Waals surface area contributed by atoms with E-state index in [0.29, 0.717) is 10.6 Å². The van der Waals surface area contributed by atoms with Crippen LogP contribution in [0.2, 0.25) is 5.02 Å². The molecule has 0 bridgehead atoms. The smallest absolute Gasteiger partial charge is 0.255 e. The van der Waals surface area contributed by atoms with Crippen molar-refractivity contribution < 1.29 is 4.79 Å². The summed E-state index contributed by atoms with van der Waals surface area (Å²) in [6.07, 6.45) is 4.52. The molecule has 1 fully saturated rings. The number of aromatic nitrogens is 1. The monoisotopic (exact) mass is 441 g/mol. The first-order valence-electron chi connectivity index (χ1n) is 10.9. The van der Waals surface area contributed by atoms with Crippen LogP contribution in [0, 0.1) is 0 Å². The molecule has 1 aliphatic rings. The Hall–Kier alpha value is -3.21. The lowest BCUT2D eigenvalue weighted by Gasteiger charge is -2.14. The normalized spacial score (nSPS) is 14.0. The number of rotatable bonds is 5. The Bertz CT molecular complexity index is 1260. The van der Waals surface area contributed by atoms with Crippen LogP contribution < -0.4 is 5.32 Å². The number of likely N-dealkylation sites (tertiary alicyclic amines) is 1. The Labute approximate surface area is 192 Å². The maximum atomic E-state index is 12.7. The van der Waals surface area contributed by atoms with Crippen LogP contribution in [-0.4, -0.2) is 28.9 Å². The Balaban J connectivity index is 1.28. The number of hydrogen-bond donors (Lipinski definition) is 1. The average molecular weight is 442 g/mol. The van der Waals surface area contributed by atoms with E-state index in [-0.39, 0.29) is 5.91 Å². The zero-order valence-corrected chi connectivity index (χ0v) is 18.5. The third kappa shape index (κ3) is 4.67. The summed E-state index contributed by atoms with van der Waals surface area (Å²) >= 11 is 6.08. The van der Waals surface area contributed by atoms with E-state index in [1.165, 1.54) is 31.5 Å². The van der Waals surface area contributed by atoms with E-state index in [0.717, 1.165) is 34.3 Å². The van der Waals surface area contributed by atoms with Crippen LogP contribution in [0.4, 0.5) is 5.69 Å². The molecule has 0 spiro atoms. The van der Waals surface area contributed by atoms with E-state index in [2.05, 4.69) is 21.3 Å². The maximum absolute atomic E-state index is 12.7. The second-order valence-corrected chi connectivity index (χ2v) is 8.71. The van der Waals surface area contributed by atoms with Gasteiger partial charge < -0.3 is 5.32 Å². The maximum Gasteiger partial charge on any atom is 0.255 e. The predicted octanol–water partition coefficient (Wildman–Crippen LogP) is 6.40. The van der Waals surface area contributed by atoms with Gasteiger partial charge in [0.15, 0.2) is 0 Å². The molecule has 1 N–H and O–H groups in total.